The largest absolute Gasteiger partial charge is 0.329 e. The minimum Gasteiger partial charge on any atom is -0.329 e. The molecule has 1 aromatic rings. The third-order valence-electron chi connectivity index (χ3n) is 4.35. The highest BCUT2D eigenvalue weighted by atomic mass is 35.5. The Morgan fingerprint density at radius 2 is 2.10 bits per heavy atom. The summed E-state index contributed by atoms with van der Waals surface area (Å²) in [5.41, 5.74) is 8.57. The third kappa shape index (κ3) is 3.34. The van der Waals surface area contributed by atoms with E-state index in [9.17, 15) is 0 Å². The highest BCUT2D eigenvalue weighted by molar-refractivity contribution is 6.31. The van der Waals surface area contributed by atoms with Crippen molar-refractivity contribution in [3.63, 3.8) is 0 Å². The van der Waals surface area contributed by atoms with E-state index >= 15 is 0 Å². The highest BCUT2D eigenvalue weighted by Crippen LogP contribution is 2.36. The van der Waals surface area contributed by atoms with Gasteiger partial charge in [-0.15, -0.1) is 0 Å². The zero-order valence-electron chi connectivity index (χ0n) is 12.6. The van der Waals surface area contributed by atoms with Crippen LogP contribution in [0.2, 0.25) is 5.02 Å². The number of nitrogens with zero attached hydrogens (tertiary/aromatic N) is 2. The fourth-order valence-electron chi connectivity index (χ4n) is 3.11. The van der Waals surface area contributed by atoms with Gasteiger partial charge in [-0.2, -0.15) is 0 Å². The van der Waals surface area contributed by atoms with E-state index in [1.54, 1.807) is 0 Å². The molecule has 0 bridgehead atoms. The van der Waals surface area contributed by atoms with Crippen LogP contribution in [0.5, 0.6) is 0 Å². The van der Waals surface area contributed by atoms with Crippen LogP contribution < -0.4 is 5.73 Å². The molecule has 112 valence electrons. The van der Waals surface area contributed by atoms with Crippen molar-refractivity contribution in [2.45, 2.75) is 32.9 Å². The van der Waals surface area contributed by atoms with Gasteiger partial charge < -0.3 is 10.6 Å². The second kappa shape index (κ2) is 7.41. The smallest absolute Gasteiger partial charge is 0.0477 e. The lowest BCUT2D eigenvalue weighted by molar-refractivity contribution is 0.199. The zero-order chi connectivity index (χ0) is 14.5. The minimum atomic E-state index is 0.334. The molecule has 0 saturated heterocycles. The van der Waals surface area contributed by atoms with Gasteiger partial charge in [0.05, 0.1) is 0 Å². The maximum Gasteiger partial charge on any atom is 0.0477 e. The van der Waals surface area contributed by atoms with E-state index in [0.717, 1.165) is 37.7 Å². The number of nitrogens with two attached hydrogens (primary N) is 1. The quantitative estimate of drug-likeness (QED) is 0.839. The van der Waals surface area contributed by atoms with E-state index < -0.39 is 0 Å². The summed E-state index contributed by atoms with van der Waals surface area (Å²) in [5.74, 6) is 0. The molecule has 1 aliphatic heterocycles. The first kappa shape index (κ1) is 15.8. The molecule has 1 aliphatic rings. The Bertz CT molecular complexity index is 432. The second-order valence-electron chi connectivity index (χ2n) is 5.41. The molecule has 0 radical (unpaired) electrons. The first-order valence-electron chi connectivity index (χ1n) is 7.65. The van der Waals surface area contributed by atoms with Crippen molar-refractivity contribution in [2.75, 3.05) is 32.7 Å². The molecule has 0 fully saturated rings. The number of rotatable bonds is 7. The maximum absolute atomic E-state index is 6.31. The summed E-state index contributed by atoms with van der Waals surface area (Å²) < 4.78 is 0. The van der Waals surface area contributed by atoms with Gasteiger partial charge in [0.2, 0.25) is 0 Å². The first-order valence-corrected chi connectivity index (χ1v) is 8.02. The second-order valence-corrected chi connectivity index (χ2v) is 5.82. The Hall–Kier alpha value is -0.610. The van der Waals surface area contributed by atoms with E-state index in [1.165, 1.54) is 17.5 Å². The molecule has 1 atom stereocenters. The average Bonchev–Trinajstić information content (AvgIpc) is 2.82. The van der Waals surface area contributed by atoms with Gasteiger partial charge in [0.25, 0.3) is 0 Å². The molecule has 2 rings (SSSR count). The van der Waals surface area contributed by atoms with Crippen molar-refractivity contribution < 1.29 is 0 Å². The summed E-state index contributed by atoms with van der Waals surface area (Å²) in [4.78, 5) is 4.94. The topological polar surface area (TPSA) is 32.5 Å². The van der Waals surface area contributed by atoms with E-state index in [1.807, 2.05) is 12.1 Å². The number of hydrogen-bond acceptors (Lipinski definition) is 3. The van der Waals surface area contributed by atoms with Crippen molar-refractivity contribution in [3.8, 4) is 0 Å². The Morgan fingerprint density at radius 1 is 1.35 bits per heavy atom. The van der Waals surface area contributed by atoms with Crippen LogP contribution in [0, 0.1) is 0 Å². The molecule has 0 spiro atoms. The van der Waals surface area contributed by atoms with Gasteiger partial charge in [-0.05, 0) is 43.2 Å². The van der Waals surface area contributed by atoms with Gasteiger partial charge in [0.15, 0.2) is 0 Å². The molecule has 0 aliphatic carbocycles. The summed E-state index contributed by atoms with van der Waals surface area (Å²) in [6, 6.07) is 6.51. The van der Waals surface area contributed by atoms with Crippen LogP contribution in [-0.4, -0.2) is 42.5 Å². The molecular formula is C16H26ClN3. The van der Waals surface area contributed by atoms with Crippen LogP contribution in [0.15, 0.2) is 18.2 Å². The molecule has 1 aromatic carbocycles. The monoisotopic (exact) mass is 295 g/mol. The lowest BCUT2D eigenvalue weighted by Crippen LogP contribution is -2.32. The van der Waals surface area contributed by atoms with Crippen LogP contribution >= 0.6 is 11.6 Å². The molecule has 0 amide bonds. The Balaban J connectivity index is 1.96. The molecule has 1 heterocycles. The van der Waals surface area contributed by atoms with E-state index in [0.29, 0.717) is 12.6 Å². The normalized spacial score (nSPS) is 18.8. The standard InChI is InChI=1S/C16H26ClN3/c1-3-19(4-2)9-6-10-20-12-14-13(16(20)11-18)7-5-8-15(14)17/h5,7-8,16H,3-4,6,9-12,18H2,1-2H3. The van der Waals surface area contributed by atoms with Crippen molar-refractivity contribution in [1.29, 1.82) is 0 Å². The SMILES string of the molecule is CCN(CC)CCCN1Cc2c(Cl)cccc2C1CN. The molecule has 4 heteroatoms. The predicted molar refractivity (Wildman–Crippen MR) is 86.1 cm³/mol. The fraction of sp³-hybridized carbons (Fsp3) is 0.625. The van der Waals surface area contributed by atoms with Gasteiger partial charge in [-0.3, -0.25) is 4.90 Å². The van der Waals surface area contributed by atoms with E-state index in [-0.39, 0.29) is 0 Å². The maximum atomic E-state index is 6.31. The van der Waals surface area contributed by atoms with Gasteiger partial charge in [-0.1, -0.05) is 37.6 Å². The summed E-state index contributed by atoms with van der Waals surface area (Å²) in [5, 5.41) is 0.882. The zero-order valence-corrected chi connectivity index (χ0v) is 13.4. The molecule has 2 N–H and O–H groups in total. The van der Waals surface area contributed by atoms with E-state index in [2.05, 4.69) is 29.7 Å². The Labute approximate surface area is 127 Å². The molecular weight excluding hydrogens is 270 g/mol. The van der Waals surface area contributed by atoms with Crippen molar-refractivity contribution in [2.24, 2.45) is 5.73 Å². The lowest BCUT2D eigenvalue weighted by atomic mass is 10.1. The van der Waals surface area contributed by atoms with Crippen LogP contribution in [0.4, 0.5) is 0 Å². The highest BCUT2D eigenvalue weighted by Gasteiger charge is 2.29. The summed E-state index contributed by atoms with van der Waals surface area (Å²) in [6.45, 7) is 10.5. The van der Waals surface area contributed by atoms with Crippen LogP contribution in [0.3, 0.4) is 0 Å². The molecule has 1 unspecified atom stereocenters. The van der Waals surface area contributed by atoms with Gasteiger partial charge in [0, 0.05) is 30.7 Å². The predicted octanol–water partition coefficient (Wildman–Crippen LogP) is 2.89. The summed E-state index contributed by atoms with van der Waals surface area (Å²) in [6.07, 6.45) is 1.18. The van der Waals surface area contributed by atoms with Gasteiger partial charge >= 0.3 is 0 Å². The number of fused-ring (bicyclic) bond motifs is 1. The molecule has 0 aromatic heterocycles. The average molecular weight is 296 g/mol. The Kier molecular flexibility index (Phi) is 5.85. The number of benzene rings is 1. The molecule has 3 nitrogen and oxygen atoms in total. The van der Waals surface area contributed by atoms with Crippen molar-refractivity contribution in [1.82, 2.24) is 9.80 Å². The number of halogens is 1. The van der Waals surface area contributed by atoms with Crippen molar-refractivity contribution in [3.05, 3.63) is 34.3 Å². The summed E-state index contributed by atoms with van der Waals surface area (Å²) in [7, 11) is 0. The van der Waals surface area contributed by atoms with Gasteiger partial charge in [0.1, 0.15) is 0 Å². The van der Waals surface area contributed by atoms with Crippen LogP contribution in [0.25, 0.3) is 0 Å². The fourth-order valence-corrected chi connectivity index (χ4v) is 3.35. The molecule has 0 saturated carbocycles. The van der Waals surface area contributed by atoms with Crippen LogP contribution in [-0.2, 0) is 6.54 Å². The van der Waals surface area contributed by atoms with Crippen LogP contribution in [0.1, 0.15) is 37.4 Å². The molecule has 20 heavy (non-hydrogen) atoms. The third-order valence-corrected chi connectivity index (χ3v) is 4.71. The number of hydrogen-bond donors (Lipinski definition) is 1. The Morgan fingerprint density at radius 3 is 2.75 bits per heavy atom. The minimum absolute atomic E-state index is 0.334. The lowest BCUT2D eigenvalue weighted by Gasteiger charge is -2.25. The van der Waals surface area contributed by atoms with Crippen molar-refractivity contribution >= 4 is 11.6 Å². The summed E-state index contributed by atoms with van der Waals surface area (Å²) >= 11 is 6.31. The van der Waals surface area contributed by atoms with E-state index in [4.69, 9.17) is 17.3 Å². The first-order chi connectivity index (χ1) is 9.71. The van der Waals surface area contributed by atoms with Gasteiger partial charge in [-0.25, -0.2) is 0 Å².